The normalized spacial score (nSPS) is 34.8. The summed E-state index contributed by atoms with van der Waals surface area (Å²) in [7, 11) is 0. The first-order valence-corrected chi connectivity index (χ1v) is 3.68. The first-order chi connectivity index (χ1) is 4.65. The van der Waals surface area contributed by atoms with Gasteiger partial charge in [0.05, 0.1) is 5.54 Å². The molecule has 0 aromatic carbocycles. The molecule has 1 aliphatic heterocycles. The van der Waals surface area contributed by atoms with Crippen molar-refractivity contribution in [2.24, 2.45) is 0 Å². The fourth-order valence-corrected chi connectivity index (χ4v) is 1.27. The maximum atomic E-state index is 12.2. The largest absolute Gasteiger partial charge is 0.307 e. The van der Waals surface area contributed by atoms with Crippen LogP contribution in [-0.2, 0) is 0 Å². The molecule has 1 aliphatic rings. The number of halogens is 2. The Morgan fingerprint density at radius 3 is 2.40 bits per heavy atom. The molecular weight excluding hydrogens is 136 g/mol. The Labute approximate surface area is 59.8 Å². The van der Waals surface area contributed by atoms with E-state index in [0.29, 0.717) is 6.42 Å². The second-order valence-electron chi connectivity index (χ2n) is 3.10. The Bertz CT molecular complexity index is 108. The second kappa shape index (κ2) is 2.82. The van der Waals surface area contributed by atoms with Crippen LogP contribution in [0.4, 0.5) is 8.78 Å². The van der Waals surface area contributed by atoms with E-state index in [1.54, 1.807) is 6.92 Å². The molecule has 1 fully saturated rings. The predicted molar refractivity (Wildman–Crippen MR) is 36.3 cm³/mol. The van der Waals surface area contributed by atoms with Gasteiger partial charge in [-0.05, 0) is 26.3 Å². The fourth-order valence-electron chi connectivity index (χ4n) is 1.27. The smallest absolute Gasteiger partial charge is 0.256 e. The number of rotatable bonds is 1. The van der Waals surface area contributed by atoms with Crippen molar-refractivity contribution in [2.75, 3.05) is 6.54 Å². The molecule has 0 aromatic rings. The number of hydrogen-bond donors (Lipinski definition) is 1. The van der Waals surface area contributed by atoms with Crippen LogP contribution in [0.3, 0.4) is 0 Å². The molecule has 1 nitrogen and oxygen atoms in total. The van der Waals surface area contributed by atoms with Crippen LogP contribution in [0.15, 0.2) is 0 Å². The lowest BCUT2D eigenvalue weighted by atomic mass is 9.92. The minimum atomic E-state index is -2.23. The average Bonchev–Trinajstić information content (AvgIpc) is 1.89. The van der Waals surface area contributed by atoms with E-state index in [4.69, 9.17) is 0 Å². The van der Waals surface area contributed by atoms with E-state index in [1.165, 1.54) is 0 Å². The highest BCUT2D eigenvalue weighted by Gasteiger charge is 2.35. The van der Waals surface area contributed by atoms with Gasteiger partial charge in [-0.2, -0.15) is 0 Å². The SMILES string of the molecule is CC1(C(F)F)CCCCN1. The van der Waals surface area contributed by atoms with Gasteiger partial charge in [0.1, 0.15) is 0 Å². The molecule has 0 aliphatic carbocycles. The van der Waals surface area contributed by atoms with Crippen LogP contribution in [0, 0.1) is 0 Å². The maximum Gasteiger partial charge on any atom is 0.256 e. The molecule has 3 heteroatoms. The van der Waals surface area contributed by atoms with Gasteiger partial charge in [-0.25, -0.2) is 8.78 Å². The molecule has 1 N–H and O–H groups in total. The zero-order valence-corrected chi connectivity index (χ0v) is 6.16. The summed E-state index contributed by atoms with van der Waals surface area (Å²) < 4.78 is 24.5. The van der Waals surface area contributed by atoms with Gasteiger partial charge in [0, 0.05) is 0 Å². The molecule has 60 valence electrons. The van der Waals surface area contributed by atoms with E-state index in [0.717, 1.165) is 19.4 Å². The second-order valence-corrected chi connectivity index (χ2v) is 3.10. The summed E-state index contributed by atoms with van der Waals surface area (Å²) in [5.41, 5.74) is -0.905. The lowest BCUT2D eigenvalue weighted by Gasteiger charge is -2.33. The van der Waals surface area contributed by atoms with Gasteiger partial charge < -0.3 is 5.32 Å². The van der Waals surface area contributed by atoms with Gasteiger partial charge in [-0.15, -0.1) is 0 Å². The van der Waals surface area contributed by atoms with Gasteiger partial charge in [0.25, 0.3) is 6.43 Å². The molecule has 1 saturated heterocycles. The molecule has 0 spiro atoms. The topological polar surface area (TPSA) is 12.0 Å². The van der Waals surface area contributed by atoms with Crippen molar-refractivity contribution in [2.45, 2.75) is 38.2 Å². The van der Waals surface area contributed by atoms with Crippen LogP contribution in [-0.4, -0.2) is 18.5 Å². The van der Waals surface area contributed by atoms with Gasteiger partial charge in [-0.3, -0.25) is 0 Å². The number of alkyl halides is 2. The van der Waals surface area contributed by atoms with Crippen LogP contribution in [0.5, 0.6) is 0 Å². The van der Waals surface area contributed by atoms with Crippen molar-refractivity contribution >= 4 is 0 Å². The highest BCUT2D eigenvalue weighted by Crippen LogP contribution is 2.24. The quantitative estimate of drug-likeness (QED) is 0.599. The zero-order chi connectivity index (χ0) is 7.61. The first kappa shape index (κ1) is 7.92. The van der Waals surface area contributed by atoms with Gasteiger partial charge in [-0.1, -0.05) is 6.42 Å². The third-order valence-electron chi connectivity index (χ3n) is 2.13. The average molecular weight is 149 g/mol. The van der Waals surface area contributed by atoms with E-state index in [-0.39, 0.29) is 0 Å². The van der Waals surface area contributed by atoms with Crippen molar-refractivity contribution in [3.8, 4) is 0 Å². The Kier molecular flexibility index (Phi) is 2.24. The monoisotopic (exact) mass is 149 g/mol. The van der Waals surface area contributed by atoms with Crippen molar-refractivity contribution in [3.05, 3.63) is 0 Å². The van der Waals surface area contributed by atoms with Gasteiger partial charge in [0.2, 0.25) is 0 Å². The molecule has 1 rings (SSSR count). The Hall–Kier alpha value is -0.180. The van der Waals surface area contributed by atoms with Crippen LogP contribution in [0.25, 0.3) is 0 Å². The van der Waals surface area contributed by atoms with E-state index in [9.17, 15) is 8.78 Å². The predicted octanol–water partition coefficient (Wildman–Crippen LogP) is 1.78. The van der Waals surface area contributed by atoms with Crippen LogP contribution < -0.4 is 5.32 Å². The number of piperidine rings is 1. The van der Waals surface area contributed by atoms with Crippen LogP contribution in [0.1, 0.15) is 26.2 Å². The summed E-state index contributed by atoms with van der Waals surface area (Å²) in [6, 6.07) is 0. The van der Waals surface area contributed by atoms with Crippen LogP contribution >= 0.6 is 0 Å². The summed E-state index contributed by atoms with van der Waals surface area (Å²) in [4.78, 5) is 0. The standard InChI is InChI=1S/C7H13F2N/c1-7(6(8)9)4-2-3-5-10-7/h6,10H,2-5H2,1H3. The molecule has 0 bridgehead atoms. The van der Waals surface area contributed by atoms with E-state index in [1.807, 2.05) is 0 Å². The van der Waals surface area contributed by atoms with Crippen molar-refractivity contribution in [1.29, 1.82) is 0 Å². The number of nitrogens with one attached hydrogen (secondary N) is 1. The van der Waals surface area contributed by atoms with Gasteiger partial charge >= 0.3 is 0 Å². The lowest BCUT2D eigenvalue weighted by Crippen LogP contribution is -2.51. The first-order valence-electron chi connectivity index (χ1n) is 3.68. The minimum Gasteiger partial charge on any atom is -0.307 e. The molecular formula is C7H13F2N. The maximum absolute atomic E-state index is 12.2. The number of hydrogen-bond acceptors (Lipinski definition) is 1. The van der Waals surface area contributed by atoms with E-state index >= 15 is 0 Å². The summed E-state index contributed by atoms with van der Waals surface area (Å²) in [6.07, 6.45) is 0.327. The van der Waals surface area contributed by atoms with Gasteiger partial charge in [0.15, 0.2) is 0 Å². The fraction of sp³-hybridized carbons (Fsp3) is 1.00. The minimum absolute atomic E-state index is 0.602. The molecule has 1 atom stereocenters. The Balaban J connectivity index is 2.48. The molecule has 0 amide bonds. The third-order valence-corrected chi connectivity index (χ3v) is 2.13. The Morgan fingerprint density at radius 1 is 1.40 bits per heavy atom. The van der Waals surface area contributed by atoms with Crippen LogP contribution in [0.2, 0.25) is 0 Å². The van der Waals surface area contributed by atoms with Crippen molar-refractivity contribution in [3.63, 3.8) is 0 Å². The summed E-state index contributed by atoms with van der Waals surface area (Å²) in [5.74, 6) is 0. The zero-order valence-electron chi connectivity index (χ0n) is 6.16. The highest BCUT2D eigenvalue weighted by atomic mass is 19.3. The molecule has 0 radical (unpaired) electrons. The molecule has 1 heterocycles. The van der Waals surface area contributed by atoms with E-state index < -0.39 is 12.0 Å². The summed E-state index contributed by atoms with van der Waals surface area (Å²) in [6.45, 7) is 2.33. The van der Waals surface area contributed by atoms with Crippen molar-refractivity contribution < 1.29 is 8.78 Å². The molecule has 1 unspecified atom stereocenters. The van der Waals surface area contributed by atoms with Crippen molar-refractivity contribution in [1.82, 2.24) is 5.32 Å². The molecule has 0 saturated carbocycles. The Morgan fingerprint density at radius 2 is 2.10 bits per heavy atom. The highest BCUT2D eigenvalue weighted by molar-refractivity contribution is 4.88. The summed E-state index contributed by atoms with van der Waals surface area (Å²) in [5, 5.41) is 2.84. The molecule has 10 heavy (non-hydrogen) atoms. The van der Waals surface area contributed by atoms with E-state index in [2.05, 4.69) is 5.32 Å². The lowest BCUT2D eigenvalue weighted by molar-refractivity contribution is 0.0247. The summed E-state index contributed by atoms with van der Waals surface area (Å²) >= 11 is 0. The molecule has 0 aromatic heterocycles. The third kappa shape index (κ3) is 1.45.